The van der Waals surface area contributed by atoms with Crippen LogP contribution in [0.5, 0.6) is 0 Å². The molecule has 1 saturated heterocycles. The fraction of sp³-hybridized carbons (Fsp3) is 0.889. The molecule has 0 saturated carbocycles. The van der Waals surface area contributed by atoms with Crippen LogP contribution in [-0.4, -0.2) is 48.7 Å². The zero-order valence-electron chi connectivity index (χ0n) is 8.29. The summed E-state index contributed by atoms with van der Waals surface area (Å²) < 4.78 is 10.2. The molecule has 0 amide bonds. The quantitative estimate of drug-likeness (QED) is 0.586. The second-order valence-electron chi connectivity index (χ2n) is 3.52. The van der Waals surface area contributed by atoms with Crippen LogP contribution in [0.3, 0.4) is 0 Å². The molecule has 82 valence electrons. The number of aliphatic hydroxyl groups is 2. The molecule has 0 unspecified atom stereocenters. The van der Waals surface area contributed by atoms with Gasteiger partial charge in [-0.25, -0.2) is 0 Å². The van der Waals surface area contributed by atoms with E-state index in [1.807, 2.05) is 0 Å². The molecule has 1 rings (SSSR count). The second kappa shape index (κ2) is 4.84. The number of carbonyl (C=O) groups is 1. The number of ether oxygens (including phenoxy) is 2. The molecule has 0 aromatic heterocycles. The molecule has 1 heterocycles. The van der Waals surface area contributed by atoms with E-state index in [0.29, 0.717) is 6.29 Å². The van der Waals surface area contributed by atoms with Gasteiger partial charge in [0.05, 0.1) is 24.7 Å². The van der Waals surface area contributed by atoms with E-state index in [1.54, 1.807) is 6.92 Å². The van der Waals surface area contributed by atoms with Crippen molar-refractivity contribution in [1.82, 2.24) is 0 Å². The fourth-order valence-corrected chi connectivity index (χ4v) is 1.69. The predicted molar refractivity (Wildman–Crippen MR) is 47.5 cm³/mol. The molecule has 0 aromatic carbocycles. The Morgan fingerprint density at radius 2 is 2.21 bits per heavy atom. The van der Waals surface area contributed by atoms with E-state index in [-0.39, 0.29) is 12.5 Å². The molecule has 1 aliphatic rings. The van der Waals surface area contributed by atoms with Gasteiger partial charge in [0.25, 0.3) is 0 Å². The van der Waals surface area contributed by atoms with Crippen LogP contribution >= 0.6 is 0 Å². The lowest BCUT2D eigenvalue weighted by Crippen LogP contribution is -2.52. The lowest BCUT2D eigenvalue weighted by Gasteiger charge is -2.40. The monoisotopic (exact) mass is 204 g/mol. The van der Waals surface area contributed by atoms with E-state index in [0.717, 1.165) is 0 Å². The zero-order chi connectivity index (χ0) is 10.7. The number of hydrogen-bond acceptors (Lipinski definition) is 5. The van der Waals surface area contributed by atoms with Gasteiger partial charge in [-0.1, -0.05) is 6.92 Å². The number of aliphatic hydroxyl groups excluding tert-OH is 2. The van der Waals surface area contributed by atoms with Gasteiger partial charge in [0.15, 0.2) is 6.29 Å². The first-order valence-corrected chi connectivity index (χ1v) is 4.58. The lowest BCUT2D eigenvalue weighted by molar-refractivity contribution is -0.253. The van der Waals surface area contributed by atoms with Crippen molar-refractivity contribution in [2.45, 2.75) is 25.4 Å². The summed E-state index contributed by atoms with van der Waals surface area (Å²) in [5.41, 5.74) is 0. The van der Waals surface area contributed by atoms with Crippen molar-refractivity contribution in [3.8, 4) is 0 Å². The van der Waals surface area contributed by atoms with Crippen LogP contribution in [0.2, 0.25) is 0 Å². The molecule has 0 radical (unpaired) electrons. The Kier molecular flexibility index (Phi) is 4.00. The molecular weight excluding hydrogens is 188 g/mol. The molecule has 0 bridgehead atoms. The van der Waals surface area contributed by atoms with Gasteiger partial charge in [0.1, 0.15) is 6.29 Å². The van der Waals surface area contributed by atoms with Crippen molar-refractivity contribution in [2.24, 2.45) is 11.8 Å². The van der Waals surface area contributed by atoms with Gasteiger partial charge in [0, 0.05) is 13.0 Å². The third-order valence-corrected chi connectivity index (χ3v) is 2.71. The third kappa shape index (κ3) is 1.95. The summed E-state index contributed by atoms with van der Waals surface area (Å²) in [7, 11) is 1.40. The summed E-state index contributed by atoms with van der Waals surface area (Å²) in [6.07, 6.45) is -1.45. The molecule has 1 fully saturated rings. The molecule has 14 heavy (non-hydrogen) atoms. The normalized spacial score (nSPS) is 43.6. The van der Waals surface area contributed by atoms with Gasteiger partial charge in [-0.15, -0.1) is 0 Å². The van der Waals surface area contributed by atoms with Gasteiger partial charge in [0.2, 0.25) is 0 Å². The highest BCUT2D eigenvalue weighted by Crippen LogP contribution is 2.29. The molecule has 1 aliphatic heterocycles. The van der Waals surface area contributed by atoms with Crippen LogP contribution in [0.1, 0.15) is 6.92 Å². The minimum Gasteiger partial charge on any atom is -0.394 e. The van der Waals surface area contributed by atoms with Crippen molar-refractivity contribution < 1.29 is 24.5 Å². The Morgan fingerprint density at radius 1 is 1.57 bits per heavy atom. The van der Waals surface area contributed by atoms with E-state index in [2.05, 4.69) is 0 Å². The molecule has 0 aromatic rings. The SMILES string of the molecule is CO[C@@H]1O[C@H](CO)[C@H](C)[C@H](O)[C@H]1C=O. The first-order valence-electron chi connectivity index (χ1n) is 4.58. The van der Waals surface area contributed by atoms with Crippen LogP contribution in [-0.2, 0) is 14.3 Å². The lowest BCUT2D eigenvalue weighted by atomic mass is 9.86. The van der Waals surface area contributed by atoms with E-state index >= 15 is 0 Å². The number of hydrogen-bond donors (Lipinski definition) is 2. The number of methoxy groups -OCH3 is 1. The highest BCUT2D eigenvalue weighted by Gasteiger charge is 2.42. The third-order valence-electron chi connectivity index (χ3n) is 2.71. The smallest absolute Gasteiger partial charge is 0.169 e. The summed E-state index contributed by atoms with van der Waals surface area (Å²) in [4.78, 5) is 10.7. The Morgan fingerprint density at radius 3 is 2.64 bits per heavy atom. The molecule has 0 spiro atoms. The van der Waals surface area contributed by atoms with Crippen molar-refractivity contribution in [2.75, 3.05) is 13.7 Å². The van der Waals surface area contributed by atoms with E-state index in [1.165, 1.54) is 7.11 Å². The van der Waals surface area contributed by atoms with Crippen LogP contribution in [0, 0.1) is 11.8 Å². The summed E-state index contributed by atoms with van der Waals surface area (Å²) >= 11 is 0. The van der Waals surface area contributed by atoms with E-state index < -0.39 is 24.4 Å². The molecular formula is C9H16O5. The average molecular weight is 204 g/mol. The maximum atomic E-state index is 10.7. The molecule has 5 atom stereocenters. The zero-order valence-corrected chi connectivity index (χ0v) is 8.29. The second-order valence-corrected chi connectivity index (χ2v) is 3.52. The van der Waals surface area contributed by atoms with Gasteiger partial charge in [-0.05, 0) is 0 Å². The average Bonchev–Trinajstić information content (AvgIpc) is 2.21. The molecule has 5 nitrogen and oxygen atoms in total. The molecule has 2 N–H and O–H groups in total. The number of rotatable bonds is 3. The van der Waals surface area contributed by atoms with Crippen LogP contribution < -0.4 is 0 Å². The minimum absolute atomic E-state index is 0.191. The van der Waals surface area contributed by atoms with Crippen molar-refractivity contribution in [3.05, 3.63) is 0 Å². The Balaban J connectivity index is 2.76. The summed E-state index contributed by atoms with van der Waals surface area (Å²) in [5.74, 6) is -0.959. The van der Waals surface area contributed by atoms with Crippen molar-refractivity contribution >= 4 is 6.29 Å². The summed E-state index contributed by atoms with van der Waals surface area (Å²) in [6.45, 7) is 1.54. The van der Waals surface area contributed by atoms with Gasteiger partial charge in [-0.3, -0.25) is 0 Å². The first-order chi connectivity index (χ1) is 6.65. The standard InChI is InChI=1S/C9H16O5/c1-5-7(4-11)14-9(13-2)6(3-10)8(5)12/h3,5-9,11-12H,4H2,1-2H3/t5-,6+,7+,8-,9+/m0/s1. The maximum Gasteiger partial charge on any atom is 0.169 e. The van der Waals surface area contributed by atoms with Crippen LogP contribution in [0.25, 0.3) is 0 Å². The predicted octanol–water partition coefficient (Wildman–Crippen LogP) is -0.838. The van der Waals surface area contributed by atoms with Crippen molar-refractivity contribution in [3.63, 3.8) is 0 Å². The van der Waals surface area contributed by atoms with E-state index in [4.69, 9.17) is 14.6 Å². The molecule has 0 aliphatic carbocycles. The fourth-order valence-electron chi connectivity index (χ4n) is 1.69. The highest BCUT2D eigenvalue weighted by molar-refractivity contribution is 5.55. The summed E-state index contributed by atoms with van der Waals surface area (Å²) in [6, 6.07) is 0. The van der Waals surface area contributed by atoms with Gasteiger partial charge >= 0.3 is 0 Å². The Labute approximate surface area is 82.6 Å². The van der Waals surface area contributed by atoms with E-state index in [9.17, 15) is 9.90 Å². The van der Waals surface area contributed by atoms with Crippen LogP contribution in [0.15, 0.2) is 0 Å². The maximum absolute atomic E-state index is 10.7. The Bertz CT molecular complexity index is 194. The van der Waals surface area contributed by atoms with Gasteiger partial charge < -0.3 is 24.5 Å². The number of carbonyl (C=O) groups excluding carboxylic acids is 1. The topological polar surface area (TPSA) is 76.0 Å². The van der Waals surface area contributed by atoms with Crippen LogP contribution in [0.4, 0.5) is 0 Å². The molecule has 5 heteroatoms. The number of aldehydes is 1. The van der Waals surface area contributed by atoms with Crippen molar-refractivity contribution in [1.29, 1.82) is 0 Å². The highest BCUT2D eigenvalue weighted by atomic mass is 16.7. The summed E-state index contributed by atoms with van der Waals surface area (Å²) in [5, 5.41) is 18.7. The largest absolute Gasteiger partial charge is 0.394 e. The minimum atomic E-state index is -0.830. The first kappa shape index (κ1) is 11.6. The van der Waals surface area contributed by atoms with Gasteiger partial charge in [-0.2, -0.15) is 0 Å². The Hall–Kier alpha value is -0.490.